The third kappa shape index (κ3) is 1.41. The third-order valence-corrected chi connectivity index (χ3v) is 1.31. The van der Waals surface area contributed by atoms with Crippen LogP contribution in [0.2, 0.25) is 0 Å². The monoisotopic (exact) mass is 175 g/mol. The maximum atomic E-state index is 12.1. The van der Waals surface area contributed by atoms with Gasteiger partial charge in [-0.15, -0.1) is 0 Å². The van der Waals surface area contributed by atoms with Crippen LogP contribution in [0.1, 0.15) is 17.0 Å². The lowest BCUT2D eigenvalue weighted by atomic mass is 10.4. The topological polar surface area (TPSA) is 46.9 Å². The highest BCUT2D eigenvalue weighted by Gasteiger charge is 2.15. The van der Waals surface area contributed by atoms with Crippen molar-refractivity contribution in [2.24, 2.45) is 0 Å². The van der Waals surface area contributed by atoms with Crippen molar-refractivity contribution in [1.29, 1.82) is 0 Å². The molecule has 0 radical (unpaired) electrons. The third-order valence-electron chi connectivity index (χ3n) is 1.31. The van der Waals surface area contributed by atoms with E-state index in [0.29, 0.717) is 4.68 Å². The van der Waals surface area contributed by atoms with E-state index in [2.05, 4.69) is 10.4 Å². The van der Waals surface area contributed by atoms with Gasteiger partial charge >= 0.3 is 6.55 Å². The van der Waals surface area contributed by atoms with Crippen molar-refractivity contribution < 1.29 is 13.6 Å². The molecule has 66 valence electrons. The Bertz CT molecular complexity index is 284. The number of rotatable bonds is 2. The smallest absolute Gasteiger partial charge is 0.333 e. The van der Waals surface area contributed by atoms with Gasteiger partial charge in [-0.05, 0) is 6.07 Å². The van der Waals surface area contributed by atoms with Gasteiger partial charge in [-0.2, -0.15) is 18.6 Å². The van der Waals surface area contributed by atoms with Crippen LogP contribution in [0.4, 0.5) is 8.78 Å². The molecule has 0 aliphatic carbocycles. The van der Waals surface area contributed by atoms with Crippen LogP contribution in [0.3, 0.4) is 0 Å². The number of carbonyl (C=O) groups excluding carboxylic acids is 1. The maximum absolute atomic E-state index is 12.1. The first-order chi connectivity index (χ1) is 5.66. The molecule has 1 N–H and O–H groups in total. The lowest BCUT2D eigenvalue weighted by Gasteiger charge is -2.03. The molecule has 0 spiro atoms. The average Bonchev–Trinajstić information content (AvgIpc) is 2.50. The van der Waals surface area contributed by atoms with Crippen molar-refractivity contribution in [2.45, 2.75) is 6.55 Å². The van der Waals surface area contributed by atoms with E-state index in [9.17, 15) is 13.6 Å². The van der Waals surface area contributed by atoms with Gasteiger partial charge in [-0.3, -0.25) is 4.79 Å². The van der Waals surface area contributed by atoms with Gasteiger partial charge in [0.2, 0.25) is 0 Å². The first kappa shape index (κ1) is 8.63. The molecule has 1 heterocycles. The number of amides is 1. The molecule has 0 saturated carbocycles. The summed E-state index contributed by atoms with van der Waals surface area (Å²) in [4.78, 5) is 10.9. The lowest BCUT2D eigenvalue weighted by Crippen LogP contribution is -2.22. The van der Waals surface area contributed by atoms with Gasteiger partial charge in [0, 0.05) is 13.2 Å². The fourth-order valence-electron chi connectivity index (χ4n) is 0.778. The lowest BCUT2D eigenvalue weighted by molar-refractivity contribution is 0.0511. The van der Waals surface area contributed by atoms with Crippen LogP contribution in [0.15, 0.2) is 12.3 Å². The number of carbonyl (C=O) groups is 1. The zero-order valence-corrected chi connectivity index (χ0v) is 6.29. The van der Waals surface area contributed by atoms with Crippen molar-refractivity contribution in [2.75, 3.05) is 7.05 Å². The summed E-state index contributed by atoms with van der Waals surface area (Å²) >= 11 is 0. The average molecular weight is 175 g/mol. The van der Waals surface area contributed by atoms with Crippen LogP contribution in [-0.4, -0.2) is 22.7 Å². The Hall–Kier alpha value is -1.46. The molecule has 0 unspecified atom stereocenters. The van der Waals surface area contributed by atoms with Gasteiger partial charge in [0.25, 0.3) is 5.91 Å². The summed E-state index contributed by atoms with van der Waals surface area (Å²) in [6.07, 6.45) is 1.15. The molecule has 1 aromatic rings. The number of aromatic nitrogens is 2. The van der Waals surface area contributed by atoms with E-state index in [-0.39, 0.29) is 5.69 Å². The first-order valence-electron chi connectivity index (χ1n) is 3.20. The molecule has 12 heavy (non-hydrogen) atoms. The fraction of sp³-hybridized carbons (Fsp3) is 0.333. The van der Waals surface area contributed by atoms with Gasteiger partial charge in [0.15, 0.2) is 0 Å². The summed E-state index contributed by atoms with van der Waals surface area (Å²) in [5, 5.41) is 5.52. The summed E-state index contributed by atoms with van der Waals surface area (Å²) in [6, 6.07) is 1.23. The highest BCUT2D eigenvalue weighted by molar-refractivity contribution is 5.92. The second kappa shape index (κ2) is 3.29. The number of hydrogen-bond donors (Lipinski definition) is 1. The fourth-order valence-corrected chi connectivity index (χ4v) is 0.778. The second-order valence-electron chi connectivity index (χ2n) is 2.02. The molecule has 1 aromatic heterocycles. The van der Waals surface area contributed by atoms with Crippen molar-refractivity contribution in [1.82, 2.24) is 15.1 Å². The number of halogens is 2. The number of hydrogen-bond acceptors (Lipinski definition) is 2. The summed E-state index contributed by atoms with van der Waals surface area (Å²) in [5.74, 6) is -0.576. The number of nitrogens with one attached hydrogen (secondary N) is 1. The molecule has 0 atom stereocenters. The van der Waals surface area contributed by atoms with Gasteiger partial charge in [0.1, 0.15) is 5.69 Å². The zero-order valence-electron chi connectivity index (χ0n) is 6.29. The van der Waals surface area contributed by atoms with Crippen molar-refractivity contribution in [3.8, 4) is 0 Å². The molecule has 0 bridgehead atoms. The molecule has 0 aliphatic rings. The quantitative estimate of drug-likeness (QED) is 0.716. The van der Waals surface area contributed by atoms with Crippen molar-refractivity contribution in [3.63, 3.8) is 0 Å². The van der Waals surface area contributed by atoms with Gasteiger partial charge in [0.05, 0.1) is 0 Å². The van der Waals surface area contributed by atoms with E-state index in [0.717, 1.165) is 6.20 Å². The van der Waals surface area contributed by atoms with Crippen molar-refractivity contribution >= 4 is 5.91 Å². The van der Waals surface area contributed by atoms with Crippen LogP contribution in [0, 0.1) is 0 Å². The molecule has 0 aliphatic heterocycles. The van der Waals surface area contributed by atoms with E-state index >= 15 is 0 Å². The molecule has 6 heteroatoms. The molecular weight excluding hydrogens is 168 g/mol. The van der Waals surface area contributed by atoms with Crippen molar-refractivity contribution in [3.05, 3.63) is 18.0 Å². The zero-order chi connectivity index (χ0) is 9.14. The molecule has 0 saturated heterocycles. The van der Waals surface area contributed by atoms with Gasteiger partial charge in [-0.1, -0.05) is 0 Å². The molecule has 4 nitrogen and oxygen atoms in total. The summed E-state index contributed by atoms with van der Waals surface area (Å²) < 4.78 is 24.5. The highest BCUT2D eigenvalue weighted by Crippen LogP contribution is 2.11. The minimum absolute atomic E-state index is 0.146. The minimum Gasteiger partial charge on any atom is -0.354 e. The molecule has 0 fully saturated rings. The maximum Gasteiger partial charge on any atom is 0.333 e. The molecule has 0 aromatic carbocycles. The molecule has 1 rings (SSSR count). The Morgan fingerprint density at radius 1 is 1.75 bits per heavy atom. The Kier molecular flexibility index (Phi) is 2.37. The van der Waals surface area contributed by atoms with Crippen LogP contribution < -0.4 is 5.32 Å². The normalized spacial score (nSPS) is 10.3. The number of alkyl halides is 2. The van der Waals surface area contributed by atoms with E-state index in [1.807, 2.05) is 0 Å². The molecular formula is C6H7F2N3O. The Morgan fingerprint density at radius 3 is 2.92 bits per heavy atom. The predicted molar refractivity (Wildman–Crippen MR) is 36.9 cm³/mol. The molecule has 1 amide bonds. The Labute approximate surface area is 67.2 Å². The summed E-state index contributed by atoms with van der Waals surface area (Å²) in [7, 11) is 1.37. The first-order valence-corrected chi connectivity index (χ1v) is 3.20. The predicted octanol–water partition coefficient (Wildman–Crippen LogP) is 0.638. The standard InChI is InChI=1S/C6H7F2N3O/c1-9-5(12)4-2-3-10-11(4)6(7)8/h2-3,6H,1H3,(H,9,12). The van der Waals surface area contributed by atoms with Gasteiger partial charge in [-0.25, -0.2) is 0 Å². The Balaban J connectivity index is 2.99. The minimum atomic E-state index is -2.78. The number of nitrogens with zero attached hydrogens (tertiary/aromatic N) is 2. The van der Waals surface area contributed by atoms with E-state index in [4.69, 9.17) is 0 Å². The van der Waals surface area contributed by atoms with Crippen LogP contribution in [0.25, 0.3) is 0 Å². The summed E-state index contributed by atoms with van der Waals surface area (Å²) in [5.41, 5.74) is -0.146. The summed E-state index contributed by atoms with van der Waals surface area (Å²) in [6.45, 7) is -2.78. The highest BCUT2D eigenvalue weighted by atomic mass is 19.3. The van der Waals surface area contributed by atoms with E-state index < -0.39 is 12.5 Å². The van der Waals surface area contributed by atoms with Crippen LogP contribution >= 0.6 is 0 Å². The van der Waals surface area contributed by atoms with Crippen LogP contribution in [-0.2, 0) is 0 Å². The second-order valence-corrected chi connectivity index (χ2v) is 2.02. The van der Waals surface area contributed by atoms with Gasteiger partial charge < -0.3 is 5.32 Å². The largest absolute Gasteiger partial charge is 0.354 e. The van der Waals surface area contributed by atoms with E-state index in [1.165, 1.54) is 13.1 Å². The Morgan fingerprint density at radius 2 is 2.42 bits per heavy atom. The van der Waals surface area contributed by atoms with Crippen LogP contribution in [0.5, 0.6) is 0 Å². The SMILES string of the molecule is CNC(=O)c1ccnn1C(F)F. The van der Waals surface area contributed by atoms with E-state index in [1.54, 1.807) is 0 Å².